The molecule has 3 N–H and O–H groups in total. The molecule has 0 atom stereocenters. The zero-order valence-electron chi connectivity index (χ0n) is 17.0. The molecule has 0 fully saturated rings. The minimum atomic E-state index is -3.72. The molecule has 0 radical (unpaired) electrons. The summed E-state index contributed by atoms with van der Waals surface area (Å²) >= 11 is 0. The van der Waals surface area contributed by atoms with Crippen molar-refractivity contribution in [3.05, 3.63) is 58.1 Å². The third-order valence-electron chi connectivity index (χ3n) is 4.32. The molecule has 0 aliphatic rings. The van der Waals surface area contributed by atoms with Crippen molar-refractivity contribution in [2.24, 2.45) is 0 Å². The van der Waals surface area contributed by atoms with Crippen LogP contribution in [-0.2, 0) is 14.8 Å². The molecule has 2 amide bonds. The van der Waals surface area contributed by atoms with Crippen molar-refractivity contribution in [2.45, 2.75) is 32.6 Å². The number of hydrazine groups is 1. The van der Waals surface area contributed by atoms with Crippen LogP contribution in [0.25, 0.3) is 0 Å². The van der Waals surface area contributed by atoms with Crippen molar-refractivity contribution in [1.82, 2.24) is 15.6 Å². The minimum Gasteiger partial charge on any atom is -0.484 e. The second-order valence-electron chi connectivity index (χ2n) is 6.74. The Morgan fingerprint density at radius 3 is 2.14 bits per heavy atom. The van der Waals surface area contributed by atoms with E-state index in [1.165, 1.54) is 13.1 Å². The van der Waals surface area contributed by atoms with Crippen molar-refractivity contribution in [1.29, 1.82) is 0 Å². The lowest BCUT2D eigenvalue weighted by molar-refractivity contribution is -0.123. The van der Waals surface area contributed by atoms with Crippen LogP contribution in [0.3, 0.4) is 0 Å². The average molecular weight is 420 g/mol. The molecule has 2 aromatic carbocycles. The second kappa shape index (κ2) is 9.06. The summed E-state index contributed by atoms with van der Waals surface area (Å²) in [5.74, 6) is -0.634. The summed E-state index contributed by atoms with van der Waals surface area (Å²) in [5, 5.41) is 0. The number of ether oxygens (including phenoxy) is 1. The van der Waals surface area contributed by atoms with E-state index in [1.54, 1.807) is 32.0 Å². The Morgan fingerprint density at radius 1 is 0.931 bits per heavy atom. The standard InChI is InChI=1S/C20H25N3O5S/c1-12-6-13(2)8-17(7-12)28-11-19(24)22-23-20(25)16-9-14(3)15(4)18(10-16)29(26,27)21-5/h6-10,21H,11H2,1-5H3,(H,22,24)(H,23,25). The van der Waals surface area contributed by atoms with Crippen LogP contribution in [0.5, 0.6) is 5.75 Å². The van der Waals surface area contributed by atoms with Crippen molar-refractivity contribution < 1.29 is 22.7 Å². The van der Waals surface area contributed by atoms with E-state index < -0.39 is 21.8 Å². The van der Waals surface area contributed by atoms with Crippen LogP contribution >= 0.6 is 0 Å². The maximum Gasteiger partial charge on any atom is 0.276 e. The van der Waals surface area contributed by atoms with Gasteiger partial charge in [-0.3, -0.25) is 20.4 Å². The molecule has 0 saturated heterocycles. The predicted molar refractivity (Wildman–Crippen MR) is 109 cm³/mol. The van der Waals surface area contributed by atoms with E-state index in [0.717, 1.165) is 11.1 Å². The van der Waals surface area contributed by atoms with Crippen molar-refractivity contribution in [3.8, 4) is 5.75 Å². The molecule has 0 saturated carbocycles. The number of rotatable bonds is 6. The lowest BCUT2D eigenvalue weighted by Gasteiger charge is -2.13. The number of hydrogen-bond acceptors (Lipinski definition) is 5. The van der Waals surface area contributed by atoms with Gasteiger partial charge in [0.2, 0.25) is 10.0 Å². The molecule has 0 bridgehead atoms. The summed E-state index contributed by atoms with van der Waals surface area (Å²) in [5.41, 5.74) is 7.83. The zero-order valence-corrected chi connectivity index (χ0v) is 17.9. The first kappa shape index (κ1) is 22.4. The zero-order chi connectivity index (χ0) is 21.8. The Kier molecular flexibility index (Phi) is 6.99. The quantitative estimate of drug-likeness (QED) is 0.617. The summed E-state index contributed by atoms with van der Waals surface area (Å²) in [6, 6.07) is 8.41. The van der Waals surface area contributed by atoms with Crippen LogP contribution in [0.1, 0.15) is 32.6 Å². The maximum absolute atomic E-state index is 12.4. The molecule has 2 aromatic rings. The molecule has 29 heavy (non-hydrogen) atoms. The van der Waals surface area contributed by atoms with Crippen LogP contribution in [0.4, 0.5) is 0 Å². The summed E-state index contributed by atoms with van der Waals surface area (Å²) in [4.78, 5) is 24.3. The number of hydrogen-bond donors (Lipinski definition) is 3. The highest BCUT2D eigenvalue weighted by Gasteiger charge is 2.19. The fourth-order valence-electron chi connectivity index (χ4n) is 2.75. The topological polar surface area (TPSA) is 114 Å². The minimum absolute atomic E-state index is 0.00891. The molecule has 0 aliphatic heterocycles. The summed E-state index contributed by atoms with van der Waals surface area (Å²) in [6.45, 7) is 6.93. The van der Waals surface area contributed by atoms with Crippen LogP contribution in [0, 0.1) is 27.7 Å². The van der Waals surface area contributed by atoms with E-state index in [0.29, 0.717) is 16.9 Å². The molecule has 8 nitrogen and oxygen atoms in total. The van der Waals surface area contributed by atoms with Crippen molar-refractivity contribution in [2.75, 3.05) is 13.7 Å². The lowest BCUT2D eigenvalue weighted by Crippen LogP contribution is -2.44. The molecule has 0 aromatic heterocycles. The SMILES string of the molecule is CNS(=O)(=O)c1cc(C(=O)NNC(=O)COc2cc(C)cc(C)c2)cc(C)c1C. The first-order valence-corrected chi connectivity index (χ1v) is 10.4. The number of aryl methyl sites for hydroxylation is 3. The molecule has 156 valence electrons. The molecular formula is C20H25N3O5S. The third-order valence-corrected chi connectivity index (χ3v) is 5.86. The molecule has 0 heterocycles. The molecule has 9 heteroatoms. The summed E-state index contributed by atoms with van der Waals surface area (Å²) in [7, 11) is -2.42. The Labute approximate surface area is 170 Å². The van der Waals surface area contributed by atoms with E-state index >= 15 is 0 Å². The van der Waals surface area contributed by atoms with Gasteiger partial charge in [0.15, 0.2) is 6.61 Å². The number of benzene rings is 2. The monoisotopic (exact) mass is 419 g/mol. The number of carbonyl (C=O) groups excluding carboxylic acids is 2. The smallest absolute Gasteiger partial charge is 0.276 e. The van der Waals surface area contributed by atoms with Crippen LogP contribution in [-0.4, -0.2) is 33.9 Å². The van der Waals surface area contributed by atoms with Crippen LogP contribution in [0.15, 0.2) is 35.2 Å². The van der Waals surface area contributed by atoms with Crippen molar-refractivity contribution >= 4 is 21.8 Å². The van der Waals surface area contributed by atoms with Gasteiger partial charge in [0.1, 0.15) is 5.75 Å². The number of amides is 2. The highest BCUT2D eigenvalue weighted by molar-refractivity contribution is 7.89. The van der Waals surface area contributed by atoms with Gasteiger partial charge < -0.3 is 4.74 Å². The average Bonchev–Trinajstić information content (AvgIpc) is 2.65. The predicted octanol–water partition coefficient (Wildman–Crippen LogP) is 1.67. The van der Waals surface area contributed by atoms with Crippen LogP contribution < -0.4 is 20.3 Å². The molecule has 2 rings (SSSR count). The Balaban J connectivity index is 2.02. The summed E-state index contributed by atoms with van der Waals surface area (Å²) < 4.78 is 32.0. The first-order valence-electron chi connectivity index (χ1n) is 8.88. The van der Waals surface area contributed by atoms with Gasteiger partial charge in [-0.15, -0.1) is 0 Å². The van der Waals surface area contributed by atoms with Gasteiger partial charge in [-0.25, -0.2) is 13.1 Å². The molecular weight excluding hydrogens is 394 g/mol. The number of nitrogens with one attached hydrogen (secondary N) is 3. The Hall–Kier alpha value is -2.91. The van der Waals surface area contributed by atoms with Gasteiger partial charge in [-0.1, -0.05) is 6.07 Å². The van der Waals surface area contributed by atoms with E-state index in [2.05, 4.69) is 15.6 Å². The van der Waals surface area contributed by atoms with Gasteiger partial charge in [0.05, 0.1) is 4.90 Å². The van der Waals surface area contributed by atoms with Gasteiger partial charge in [-0.05, 0) is 81.3 Å². The fourth-order valence-corrected chi connectivity index (χ4v) is 3.81. The normalized spacial score (nSPS) is 11.1. The van der Waals surface area contributed by atoms with Gasteiger partial charge in [-0.2, -0.15) is 0 Å². The van der Waals surface area contributed by atoms with E-state index in [1.807, 2.05) is 19.9 Å². The van der Waals surface area contributed by atoms with Crippen LogP contribution in [0.2, 0.25) is 0 Å². The van der Waals surface area contributed by atoms with E-state index in [-0.39, 0.29) is 17.1 Å². The van der Waals surface area contributed by atoms with E-state index in [9.17, 15) is 18.0 Å². The van der Waals surface area contributed by atoms with Gasteiger partial charge >= 0.3 is 0 Å². The third kappa shape index (κ3) is 5.78. The van der Waals surface area contributed by atoms with Gasteiger partial charge in [0, 0.05) is 5.56 Å². The fraction of sp³-hybridized carbons (Fsp3) is 0.300. The molecule has 0 unspecified atom stereocenters. The molecule has 0 aliphatic carbocycles. The number of carbonyl (C=O) groups is 2. The highest BCUT2D eigenvalue weighted by Crippen LogP contribution is 2.21. The number of sulfonamides is 1. The maximum atomic E-state index is 12.4. The second-order valence-corrected chi connectivity index (χ2v) is 8.59. The van der Waals surface area contributed by atoms with E-state index in [4.69, 9.17) is 4.74 Å². The first-order chi connectivity index (χ1) is 13.5. The highest BCUT2D eigenvalue weighted by atomic mass is 32.2. The Bertz CT molecular complexity index is 1030. The Morgan fingerprint density at radius 2 is 1.55 bits per heavy atom. The lowest BCUT2D eigenvalue weighted by atomic mass is 10.1. The van der Waals surface area contributed by atoms with Gasteiger partial charge in [0.25, 0.3) is 11.8 Å². The molecule has 0 spiro atoms. The van der Waals surface area contributed by atoms with Crippen molar-refractivity contribution in [3.63, 3.8) is 0 Å². The largest absolute Gasteiger partial charge is 0.484 e. The summed E-state index contributed by atoms with van der Waals surface area (Å²) in [6.07, 6.45) is 0.